The summed E-state index contributed by atoms with van der Waals surface area (Å²) in [5.41, 5.74) is 0.371. The third-order valence-corrected chi connectivity index (χ3v) is 6.88. The first-order valence-electron chi connectivity index (χ1n) is 8.59. The van der Waals surface area contributed by atoms with Crippen molar-refractivity contribution in [2.75, 3.05) is 19.6 Å². The van der Waals surface area contributed by atoms with Gasteiger partial charge in [-0.3, -0.25) is 9.59 Å². The maximum absolute atomic E-state index is 12.9. The van der Waals surface area contributed by atoms with Gasteiger partial charge >= 0.3 is 0 Å². The van der Waals surface area contributed by atoms with E-state index in [4.69, 9.17) is 0 Å². The minimum Gasteiger partial charge on any atom is -0.391 e. The zero-order valence-electron chi connectivity index (χ0n) is 14.7. The number of benzene rings is 2. The van der Waals surface area contributed by atoms with Crippen LogP contribution in [-0.2, 0) is 9.84 Å². The number of hydrogen-bond acceptors (Lipinski definition) is 6. The fourth-order valence-corrected chi connectivity index (χ4v) is 5.16. The van der Waals surface area contributed by atoms with Crippen molar-refractivity contribution in [3.63, 3.8) is 0 Å². The number of amides is 1. The SMILES string of the molecule is Cl.O=C(NCC1CNCC1O)c1ccc2c(c1)S(=O)(=O)c1ccccc1C2=O. The van der Waals surface area contributed by atoms with Gasteiger partial charge in [0.05, 0.1) is 15.9 Å². The van der Waals surface area contributed by atoms with Gasteiger partial charge in [0, 0.05) is 42.2 Å². The predicted octanol–water partition coefficient (Wildman–Crippen LogP) is 0.796. The molecule has 2 atom stereocenters. The molecule has 0 bridgehead atoms. The van der Waals surface area contributed by atoms with Gasteiger partial charge < -0.3 is 15.7 Å². The number of aliphatic hydroxyl groups excluding tert-OH is 1. The molecule has 1 fully saturated rings. The van der Waals surface area contributed by atoms with Gasteiger partial charge in [0.1, 0.15) is 0 Å². The van der Waals surface area contributed by atoms with Gasteiger partial charge in [-0.15, -0.1) is 12.4 Å². The van der Waals surface area contributed by atoms with Gasteiger partial charge in [-0.1, -0.05) is 12.1 Å². The van der Waals surface area contributed by atoms with Gasteiger partial charge in [0.2, 0.25) is 9.84 Å². The molecule has 2 aliphatic heterocycles. The Balaban J connectivity index is 0.00000225. The molecule has 28 heavy (non-hydrogen) atoms. The number of nitrogens with one attached hydrogen (secondary N) is 2. The lowest BCUT2D eigenvalue weighted by Crippen LogP contribution is -2.34. The van der Waals surface area contributed by atoms with E-state index in [1.54, 1.807) is 12.1 Å². The second-order valence-electron chi connectivity index (χ2n) is 6.74. The second kappa shape index (κ2) is 7.63. The largest absolute Gasteiger partial charge is 0.391 e. The van der Waals surface area contributed by atoms with Crippen LogP contribution in [0, 0.1) is 5.92 Å². The number of halogens is 1. The highest BCUT2D eigenvalue weighted by atomic mass is 35.5. The molecule has 2 heterocycles. The van der Waals surface area contributed by atoms with Crippen LogP contribution in [0.2, 0.25) is 0 Å². The van der Waals surface area contributed by atoms with E-state index in [1.165, 1.54) is 30.3 Å². The maximum atomic E-state index is 12.9. The first kappa shape index (κ1) is 20.5. The van der Waals surface area contributed by atoms with Crippen LogP contribution in [-0.4, -0.2) is 51.0 Å². The van der Waals surface area contributed by atoms with E-state index >= 15 is 0 Å². The molecule has 9 heteroatoms. The number of carbonyl (C=O) groups is 2. The molecular weight excluding hydrogens is 404 g/mol. The van der Waals surface area contributed by atoms with Crippen molar-refractivity contribution in [2.45, 2.75) is 15.9 Å². The summed E-state index contributed by atoms with van der Waals surface area (Å²) in [6, 6.07) is 10.1. The minimum absolute atomic E-state index is 0. The zero-order chi connectivity index (χ0) is 19.2. The number of aliphatic hydroxyl groups is 1. The summed E-state index contributed by atoms with van der Waals surface area (Å²) in [7, 11) is -3.88. The zero-order valence-corrected chi connectivity index (χ0v) is 16.3. The van der Waals surface area contributed by atoms with Crippen molar-refractivity contribution < 1.29 is 23.1 Å². The van der Waals surface area contributed by atoms with Crippen LogP contribution >= 0.6 is 12.4 Å². The quantitative estimate of drug-likeness (QED) is 0.575. The Morgan fingerprint density at radius 1 is 1.11 bits per heavy atom. The Morgan fingerprint density at radius 2 is 1.82 bits per heavy atom. The molecule has 148 valence electrons. The van der Waals surface area contributed by atoms with Crippen molar-refractivity contribution >= 4 is 33.9 Å². The number of fused-ring (bicyclic) bond motifs is 2. The Bertz CT molecular complexity index is 1050. The van der Waals surface area contributed by atoms with E-state index in [2.05, 4.69) is 10.6 Å². The van der Waals surface area contributed by atoms with Crippen LogP contribution in [0.3, 0.4) is 0 Å². The number of rotatable bonds is 3. The Hall–Kier alpha value is -2.26. The molecule has 0 radical (unpaired) electrons. The molecule has 2 unspecified atom stereocenters. The number of ketones is 1. The highest BCUT2D eigenvalue weighted by Gasteiger charge is 2.35. The third-order valence-electron chi connectivity index (χ3n) is 5.03. The van der Waals surface area contributed by atoms with Gasteiger partial charge in [-0.2, -0.15) is 0 Å². The van der Waals surface area contributed by atoms with Gasteiger partial charge in [-0.05, 0) is 30.3 Å². The van der Waals surface area contributed by atoms with Crippen LogP contribution in [0.25, 0.3) is 0 Å². The molecule has 0 aliphatic carbocycles. The van der Waals surface area contributed by atoms with Crippen LogP contribution in [0.4, 0.5) is 0 Å². The molecule has 4 rings (SSSR count). The van der Waals surface area contributed by atoms with Crippen molar-refractivity contribution in [3.05, 3.63) is 59.2 Å². The van der Waals surface area contributed by atoms with E-state index in [0.717, 1.165) is 0 Å². The molecule has 0 spiro atoms. The molecule has 7 nitrogen and oxygen atoms in total. The first-order valence-corrected chi connectivity index (χ1v) is 10.1. The van der Waals surface area contributed by atoms with Crippen molar-refractivity contribution in [3.8, 4) is 0 Å². The summed E-state index contributed by atoms with van der Waals surface area (Å²) < 4.78 is 25.8. The average Bonchev–Trinajstić information content (AvgIpc) is 3.09. The van der Waals surface area contributed by atoms with E-state index in [9.17, 15) is 23.1 Å². The number of hydrogen-bond donors (Lipinski definition) is 3. The number of sulfone groups is 1. The van der Waals surface area contributed by atoms with E-state index in [0.29, 0.717) is 13.1 Å². The third kappa shape index (κ3) is 3.33. The van der Waals surface area contributed by atoms with Crippen LogP contribution in [0.15, 0.2) is 52.3 Å². The fourth-order valence-electron chi connectivity index (χ4n) is 3.48. The van der Waals surface area contributed by atoms with Gasteiger partial charge in [-0.25, -0.2) is 8.42 Å². The Morgan fingerprint density at radius 3 is 2.54 bits per heavy atom. The molecule has 1 amide bonds. The van der Waals surface area contributed by atoms with Crippen molar-refractivity contribution in [1.82, 2.24) is 10.6 Å². The van der Waals surface area contributed by atoms with E-state index in [1.807, 2.05) is 0 Å². The maximum Gasteiger partial charge on any atom is 0.251 e. The number of β-amino-alcohol motifs (C(OH)–C–C–N with tert-alkyl or cyclic N) is 1. The van der Waals surface area contributed by atoms with E-state index in [-0.39, 0.29) is 57.1 Å². The lowest BCUT2D eigenvalue weighted by molar-refractivity contribution is 0.0925. The summed E-state index contributed by atoms with van der Waals surface area (Å²) in [5.74, 6) is -0.912. The monoisotopic (exact) mass is 422 g/mol. The second-order valence-corrected chi connectivity index (χ2v) is 8.62. The van der Waals surface area contributed by atoms with E-state index < -0.39 is 21.8 Å². The lowest BCUT2D eigenvalue weighted by Gasteiger charge is -2.19. The van der Waals surface area contributed by atoms with Crippen LogP contribution in [0.5, 0.6) is 0 Å². The van der Waals surface area contributed by atoms with Gasteiger partial charge in [0.15, 0.2) is 5.78 Å². The molecular formula is C19H19ClN2O5S. The molecule has 3 N–H and O–H groups in total. The first-order chi connectivity index (χ1) is 12.9. The van der Waals surface area contributed by atoms with Crippen LogP contribution in [0.1, 0.15) is 26.3 Å². The molecule has 2 aliphatic rings. The minimum atomic E-state index is -3.88. The summed E-state index contributed by atoms with van der Waals surface area (Å²) in [6.45, 7) is 1.36. The van der Waals surface area contributed by atoms with Gasteiger partial charge in [0.25, 0.3) is 5.91 Å². The lowest BCUT2D eigenvalue weighted by atomic mass is 10.0. The fraction of sp³-hybridized carbons (Fsp3) is 0.263. The topological polar surface area (TPSA) is 113 Å². The summed E-state index contributed by atoms with van der Waals surface area (Å²) in [5, 5.41) is 15.5. The average molecular weight is 423 g/mol. The standard InChI is InChI=1S/C19H18N2O5S.ClH/c22-15-10-20-8-12(15)9-21-19(24)11-5-6-14-17(7-11)27(25,26)16-4-2-1-3-13(16)18(14)23;/h1-7,12,15,20,22H,8-10H2,(H,21,24);1H. The predicted molar refractivity (Wildman–Crippen MR) is 104 cm³/mol. The molecule has 2 aromatic rings. The van der Waals surface area contributed by atoms with Crippen molar-refractivity contribution in [2.24, 2.45) is 5.92 Å². The normalized spacial score (nSPS) is 22.0. The molecule has 0 saturated carbocycles. The smallest absolute Gasteiger partial charge is 0.251 e. The summed E-state index contributed by atoms with van der Waals surface area (Å²) in [6.07, 6.45) is -0.525. The van der Waals surface area contributed by atoms with Crippen LogP contribution < -0.4 is 10.6 Å². The summed E-state index contributed by atoms with van der Waals surface area (Å²) >= 11 is 0. The molecule has 0 aromatic heterocycles. The highest BCUT2D eigenvalue weighted by Crippen LogP contribution is 2.34. The van der Waals surface area contributed by atoms with Crippen molar-refractivity contribution in [1.29, 1.82) is 0 Å². The Kier molecular flexibility index (Phi) is 5.58. The summed E-state index contributed by atoms with van der Waals surface area (Å²) in [4.78, 5) is 24.9. The molecule has 2 aromatic carbocycles. The Labute approximate surface area is 168 Å². The highest BCUT2D eigenvalue weighted by molar-refractivity contribution is 7.91. The molecule has 1 saturated heterocycles. The number of carbonyl (C=O) groups excluding carboxylic acids is 2.